The summed E-state index contributed by atoms with van der Waals surface area (Å²) in [5.41, 5.74) is 1.96. The van der Waals surface area contributed by atoms with Crippen LogP contribution >= 0.6 is 0 Å². The molecule has 21 heavy (non-hydrogen) atoms. The highest BCUT2D eigenvalue weighted by Crippen LogP contribution is 2.57. The van der Waals surface area contributed by atoms with E-state index in [1.54, 1.807) is 7.11 Å². The highest BCUT2D eigenvalue weighted by Gasteiger charge is 2.50. The zero-order valence-electron chi connectivity index (χ0n) is 13.0. The third kappa shape index (κ3) is 2.11. The van der Waals surface area contributed by atoms with E-state index < -0.39 is 0 Å². The summed E-state index contributed by atoms with van der Waals surface area (Å²) in [6.45, 7) is 2.02. The van der Waals surface area contributed by atoms with Gasteiger partial charge in [-0.3, -0.25) is 4.79 Å². The number of methoxy groups -OCH3 is 1. The molecule has 2 nitrogen and oxygen atoms in total. The zero-order valence-corrected chi connectivity index (χ0v) is 13.0. The van der Waals surface area contributed by atoms with E-state index in [0.717, 1.165) is 28.7 Å². The third-order valence-electron chi connectivity index (χ3n) is 6.21. The predicted molar refractivity (Wildman–Crippen MR) is 82.6 cm³/mol. The zero-order chi connectivity index (χ0) is 14.6. The Bertz CT molecular complexity index is 547. The van der Waals surface area contributed by atoms with Crippen LogP contribution in [0.2, 0.25) is 0 Å². The van der Waals surface area contributed by atoms with E-state index >= 15 is 0 Å². The molecule has 5 rings (SSSR count). The first-order valence-corrected chi connectivity index (χ1v) is 8.34. The molecule has 4 bridgehead atoms. The van der Waals surface area contributed by atoms with Crippen molar-refractivity contribution in [2.45, 2.75) is 39.0 Å². The Morgan fingerprint density at radius 2 is 1.67 bits per heavy atom. The van der Waals surface area contributed by atoms with Crippen molar-refractivity contribution in [2.24, 2.45) is 29.6 Å². The van der Waals surface area contributed by atoms with Gasteiger partial charge in [-0.2, -0.15) is 0 Å². The highest BCUT2D eigenvalue weighted by atomic mass is 16.5. The average molecular weight is 284 g/mol. The van der Waals surface area contributed by atoms with Crippen LogP contribution in [0.4, 0.5) is 0 Å². The van der Waals surface area contributed by atoms with Gasteiger partial charge >= 0.3 is 0 Å². The van der Waals surface area contributed by atoms with Gasteiger partial charge in [-0.05, 0) is 86.5 Å². The molecule has 4 aliphatic rings. The Balaban J connectivity index is 1.61. The predicted octanol–water partition coefficient (Wildman–Crippen LogP) is 4.26. The van der Waals surface area contributed by atoms with Crippen molar-refractivity contribution in [3.05, 3.63) is 29.3 Å². The number of benzene rings is 1. The molecule has 4 aliphatic carbocycles. The third-order valence-corrected chi connectivity index (χ3v) is 6.21. The first-order chi connectivity index (χ1) is 10.2. The first kappa shape index (κ1) is 13.4. The van der Waals surface area contributed by atoms with Crippen molar-refractivity contribution < 1.29 is 9.53 Å². The van der Waals surface area contributed by atoms with Gasteiger partial charge in [0.25, 0.3) is 0 Å². The Morgan fingerprint density at radius 3 is 2.19 bits per heavy atom. The lowest BCUT2D eigenvalue weighted by molar-refractivity contribution is -0.0251. The van der Waals surface area contributed by atoms with Crippen LogP contribution in [0.3, 0.4) is 0 Å². The van der Waals surface area contributed by atoms with Crippen LogP contribution in [-0.4, -0.2) is 12.9 Å². The van der Waals surface area contributed by atoms with Crippen molar-refractivity contribution in [3.63, 3.8) is 0 Å². The molecule has 1 aromatic carbocycles. The van der Waals surface area contributed by atoms with E-state index in [4.69, 9.17) is 4.74 Å². The topological polar surface area (TPSA) is 26.3 Å². The lowest BCUT2D eigenvalue weighted by atomic mass is 9.51. The van der Waals surface area contributed by atoms with Gasteiger partial charge in [0.2, 0.25) is 0 Å². The molecule has 0 amide bonds. The Hall–Kier alpha value is -1.31. The molecule has 0 aromatic heterocycles. The monoisotopic (exact) mass is 284 g/mol. The molecule has 0 saturated heterocycles. The van der Waals surface area contributed by atoms with E-state index in [1.165, 1.54) is 32.1 Å². The summed E-state index contributed by atoms with van der Waals surface area (Å²) in [6.07, 6.45) is 6.66. The molecule has 0 heterocycles. The number of ketones is 1. The minimum atomic E-state index is 0.297. The molecule has 112 valence electrons. The molecular formula is C19H24O2. The van der Waals surface area contributed by atoms with Gasteiger partial charge in [0.15, 0.2) is 5.78 Å². The van der Waals surface area contributed by atoms with Crippen LogP contribution in [0.5, 0.6) is 5.75 Å². The first-order valence-electron chi connectivity index (χ1n) is 8.34. The van der Waals surface area contributed by atoms with Gasteiger partial charge in [-0.1, -0.05) is 0 Å². The Labute approximate surface area is 126 Å². The normalized spacial score (nSPS) is 36.8. The molecule has 4 fully saturated rings. The second-order valence-corrected chi connectivity index (χ2v) is 7.51. The Kier molecular flexibility index (Phi) is 3.09. The summed E-state index contributed by atoms with van der Waals surface area (Å²) in [5.74, 6) is 4.74. The number of rotatable bonds is 3. The van der Waals surface area contributed by atoms with Crippen LogP contribution < -0.4 is 4.74 Å². The molecule has 0 aliphatic heterocycles. The standard InChI is InChI=1S/C19H24O2/c1-11-5-14(3-4-17(11)21-2)19(20)18-15-7-12-6-13(9-15)10-16(18)8-12/h3-5,12-13,15-16,18H,6-10H2,1-2H3. The fourth-order valence-electron chi connectivity index (χ4n) is 5.58. The Morgan fingerprint density at radius 1 is 1.05 bits per heavy atom. The van der Waals surface area contributed by atoms with Crippen molar-refractivity contribution in [1.29, 1.82) is 0 Å². The van der Waals surface area contributed by atoms with E-state index in [-0.39, 0.29) is 0 Å². The van der Waals surface area contributed by atoms with Crippen molar-refractivity contribution in [1.82, 2.24) is 0 Å². The van der Waals surface area contributed by atoms with Crippen molar-refractivity contribution in [3.8, 4) is 5.75 Å². The number of carbonyl (C=O) groups is 1. The van der Waals surface area contributed by atoms with Crippen molar-refractivity contribution >= 4 is 5.78 Å². The molecule has 2 heteroatoms. The fraction of sp³-hybridized carbons (Fsp3) is 0.632. The molecular weight excluding hydrogens is 260 g/mol. The lowest BCUT2D eigenvalue weighted by Gasteiger charge is -2.53. The number of hydrogen-bond donors (Lipinski definition) is 0. The maximum absolute atomic E-state index is 13.0. The SMILES string of the molecule is COc1ccc(C(=O)C2C3CC4CC(C3)CC2C4)cc1C. The summed E-state index contributed by atoms with van der Waals surface area (Å²) in [7, 11) is 1.68. The molecule has 0 unspecified atom stereocenters. The molecule has 1 aromatic rings. The van der Waals surface area contributed by atoms with E-state index in [0.29, 0.717) is 23.5 Å². The van der Waals surface area contributed by atoms with E-state index in [2.05, 4.69) is 0 Å². The highest BCUT2D eigenvalue weighted by molar-refractivity contribution is 5.98. The molecule has 0 N–H and O–H groups in total. The van der Waals surface area contributed by atoms with Gasteiger partial charge in [0, 0.05) is 11.5 Å². The fourth-order valence-corrected chi connectivity index (χ4v) is 5.58. The second kappa shape index (κ2) is 4.86. The molecule has 4 saturated carbocycles. The summed E-state index contributed by atoms with van der Waals surface area (Å²) in [6, 6.07) is 5.92. The van der Waals surface area contributed by atoms with E-state index in [1.807, 2.05) is 25.1 Å². The smallest absolute Gasteiger partial charge is 0.166 e. The van der Waals surface area contributed by atoms with Crippen molar-refractivity contribution in [2.75, 3.05) is 7.11 Å². The van der Waals surface area contributed by atoms with Crippen LogP contribution in [0.1, 0.15) is 48.0 Å². The maximum atomic E-state index is 13.0. The van der Waals surface area contributed by atoms with Crippen LogP contribution in [-0.2, 0) is 0 Å². The van der Waals surface area contributed by atoms with Crippen LogP contribution in [0.25, 0.3) is 0 Å². The van der Waals surface area contributed by atoms with Gasteiger partial charge in [0.05, 0.1) is 7.11 Å². The number of aryl methyl sites for hydroxylation is 1. The largest absolute Gasteiger partial charge is 0.496 e. The quantitative estimate of drug-likeness (QED) is 0.775. The average Bonchev–Trinajstić information content (AvgIpc) is 2.45. The summed E-state index contributed by atoms with van der Waals surface area (Å²) in [5, 5.41) is 0. The lowest BCUT2D eigenvalue weighted by Crippen LogP contribution is -2.48. The van der Waals surface area contributed by atoms with Gasteiger partial charge in [-0.15, -0.1) is 0 Å². The van der Waals surface area contributed by atoms with Gasteiger partial charge in [0.1, 0.15) is 5.75 Å². The van der Waals surface area contributed by atoms with Gasteiger partial charge < -0.3 is 4.74 Å². The molecule has 0 radical (unpaired) electrons. The second-order valence-electron chi connectivity index (χ2n) is 7.51. The molecule has 0 atom stereocenters. The molecule has 0 spiro atoms. The number of Topliss-reactive ketones (excluding diaryl/α,β-unsaturated/α-hetero) is 1. The maximum Gasteiger partial charge on any atom is 0.166 e. The summed E-state index contributed by atoms with van der Waals surface area (Å²) in [4.78, 5) is 13.0. The number of hydrogen-bond acceptors (Lipinski definition) is 2. The van der Waals surface area contributed by atoms with Crippen LogP contribution in [0, 0.1) is 36.5 Å². The number of carbonyl (C=O) groups excluding carboxylic acids is 1. The minimum absolute atomic E-state index is 0.297. The summed E-state index contributed by atoms with van der Waals surface area (Å²) < 4.78 is 5.31. The summed E-state index contributed by atoms with van der Waals surface area (Å²) >= 11 is 0. The van der Waals surface area contributed by atoms with E-state index in [9.17, 15) is 4.79 Å². The number of ether oxygens (including phenoxy) is 1. The van der Waals surface area contributed by atoms with Crippen LogP contribution in [0.15, 0.2) is 18.2 Å². The van der Waals surface area contributed by atoms with Gasteiger partial charge in [-0.25, -0.2) is 0 Å². The minimum Gasteiger partial charge on any atom is -0.496 e.